The van der Waals surface area contributed by atoms with E-state index in [0.717, 1.165) is 0 Å². The van der Waals surface area contributed by atoms with Crippen molar-refractivity contribution in [3.63, 3.8) is 0 Å². The van der Waals surface area contributed by atoms with E-state index in [1.807, 2.05) is 0 Å². The summed E-state index contributed by atoms with van der Waals surface area (Å²) < 4.78 is 0. The molecule has 0 aliphatic rings. The van der Waals surface area contributed by atoms with Crippen molar-refractivity contribution in [1.82, 2.24) is 0 Å². The molecule has 0 unspecified atom stereocenters. The summed E-state index contributed by atoms with van der Waals surface area (Å²) in [6.07, 6.45) is 0. The van der Waals surface area contributed by atoms with Crippen molar-refractivity contribution in [2.75, 3.05) is 0 Å². The SMILES string of the molecule is NN.[Na].[Na].[Na]. The fraction of sp³-hybridized carbons (Fsp3) is 0. The number of hydrogen-bond donors (Lipinski definition) is 2. The molecule has 17 valence electrons. The summed E-state index contributed by atoms with van der Waals surface area (Å²) in [5.74, 6) is 8.00. The van der Waals surface area contributed by atoms with Crippen LogP contribution in [0.5, 0.6) is 0 Å². The summed E-state index contributed by atoms with van der Waals surface area (Å²) >= 11 is 0. The van der Waals surface area contributed by atoms with Crippen LogP contribution in [0.2, 0.25) is 0 Å². The zero-order valence-electron chi connectivity index (χ0n) is 4.15. The number of hydrazine groups is 1. The summed E-state index contributed by atoms with van der Waals surface area (Å²) in [5.41, 5.74) is 0. The smallest absolute Gasteiger partial charge is 0 e. The first-order chi connectivity index (χ1) is 1.00. The summed E-state index contributed by atoms with van der Waals surface area (Å²) in [4.78, 5) is 0. The number of nitrogens with two attached hydrogens (primary N) is 2. The Morgan fingerprint density at radius 3 is 0.600 bits per heavy atom. The largest absolute Gasteiger partial charge is 0.274 e. The topological polar surface area (TPSA) is 52.0 Å². The Hall–Kier alpha value is 2.92. The molecule has 2 nitrogen and oxygen atoms in total. The molecule has 0 fully saturated rings. The van der Waals surface area contributed by atoms with Crippen LogP contribution in [-0.2, 0) is 0 Å². The van der Waals surface area contributed by atoms with E-state index in [2.05, 4.69) is 11.7 Å². The van der Waals surface area contributed by atoms with Crippen LogP contribution in [0.15, 0.2) is 0 Å². The molecule has 0 aliphatic carbocycles. The van der Waals surface area contributed by atoms with Crippen molar-refractivity contribution in [3.05, 3.63) is 0 Å². The fourth-order valence-electron chi connectivity index (χ4n) is 0. The summed E-state index contributed by atoms with van der Waals surface area (Å²) in [6.45, 7) is 0. The molecule has 0 bridgehead atoms. The predicted octanol–water partition coefficient (Wildman–Crippen LogP) is -2.32. The second kappa shape index (κ2) is 28.4. The molecule has 5 heavy (non-hydrogen) atoms. The molecule has 0 aromatic rings. The summed E-state index contributed by atoms with van der Waals surface area (Å²) in [7, 11) is 0. The number of hydrogen-bond acceptors (Lipinski definition) is 2. The van der Waals surface area contributed by atoms with E-state index in [-0.39, 0.29) is 88.7 Å². The molecular weight excluding hydrogens is 97.0 g/mol. The van der Waals surface area contributed by atoms with Gasteiger partial charge in [0.15, 0.2) is 0 Å². The van der Waals surface area contributed by atoms with Crippen LogP contribution in [0, 0.1) is 0 Å². The van der Waals surface area contributed by atoms with E-state index in [0.29, 0.717) is 0 Å². The fourth-order valence-corrected chi connectivity index (χ4v) is 0. The number of rotatable bonds is 0. The van der Waals surface area contributed by atoms with Gasteiger partial charge in [-0.15, -0.1) is 0 Å². The Labute approximate surface area is 98.3 Å². The van der Waals surface area contributed by atoms with Gasteiger partial charge >= 0.3 is 0 Å². The van der Waals surface area contributed by atoms with Gasteiger partial charge in [0.2, 0.25) is 0 Å². The Bertz CT molecular complexity index is 4.85. The zero-order chi connectivity index (χ0) is 2.00. The first-order valence-electron chi connectivity index (χ1n) is 0.333. The van der Waals surface area contributed by atoms with E-state index < -0.39 is 0 Å². The molecule has 0 aliphatic heterocycles. The van der Waals surface area contributed by atoms with Gasteiger partial charge in [-0.3, -0.25) is 11.7 Å². The average molecular weight is 101 g/mol. The molecule has 0 saturated heterocycles. The van der Waals surface area contributed by atoms with Crippen molar-refractivity contribution in [2.24, 2.45) is 11.7 Å². The normalized spacial score (nSPS) is 1.20. The van der Waals surface area contributed by atoms with Crippen molar-refractivity contribution >= 4 is 88.7 Å². The quantitative estimate of drug-likeness (QED) is 0.204. The first-order valence-corrected chi connectivity index (χ1v) is 0.333. The standard InChI is InChI=1S/H4N2.3Na/c1-2;;;/h1-2H2;;;. The second-order valence-corrected chi connectivity index (χ2v) is 0. The Morgan fingerprint density at radius 1 is 0.600 bits per heavy atom. The van der Waals surface area contributed by atoms with Gasteiger partial charge in [0.25, 0.3) is 0 Å². The maximum Gasteiger partial charge on any atom is 0 e. The Balaban J connectivity index is -0.00000000167. The maximum atomic E-state index is 4.00. The van der Waals surface area contributed by atoms with E-state index in [4.69, 9.17) is 0 Å². The van der Waals surface area contributed by atoms with Crippen molar-refractivity contribution in [3.8, 4) is 0 Å². The van der Waals surface area contributed by atoms with Gasteiger partial charge < -0.3 is 0 Å². The molecule has 4 N–H and O–H groups in total. The Morgan fingerprint density at radius 2 is 0.600 bits per heavy atom. The van der Waals surface area contributed by atoms with Crippen LogP contribution in [0.4, 0.5) is 0 Å². The third-order valence-electron chi connectivity index (χ3n) is 0. The zero-order valence-corrected chi connectivity index (χ0v) is 10.2. The monoisotopic (exact) mass is 101 g/mol. The first kappa shape index (κ1) is 24.7. The molecule has 0 atom stereocenters. The predicted molar refractivity (Wildman–Crippen MR) is 25.6 cm³/mol. The van der Waals surface area contributed by atoms with E-state index >= 15 is 0 Å². The third-order valence-corrected chi connectivity index (χ3v) is 0. The van der Waals surface area contributed by atoms with Crippen LogP contribution in [-0.4, -0.2) is 88.7 Å². The van der Waals surface area contributed by atoms with Gasteiger partial charge in [-0.2, -0.15) is 0 Å². The molecule has 3 radical (unpaired) electrons. The van der Waals surface area contributed by atoms with E-state index in [9.17, 15) is 0 Å². The average Bonchev–Trinajstić information content (AvgIpc) is 1.00. The van der Waals surface area contributed by atoms with Gasteiger partial charge in [-0.1, -0.05) is 0 Å². The van der Waals surface area contributed by atoms with E-state index in [1.165, 1.54) is 0 Å². The van der Waals surface area contributed by atoms with Gasteiger partial charge in [0, 0.05) is 88.7 Å². The second-order valence-electron chi connectivity index (χ2n) is 0. The van der Waals surface area contributed by atoms with Gasteiger partial charge in [0.05, 0.1) is 0 Å². The third kappa shape index (κ3) is 19.6. The molecule has 0 spiro atoms. The van der Waals surface area contributed by atoms with Gasteiger partial charge in [-0.05, 0) is 0 Å². The molecule has 0 rings (SSSR count). The van der Waals surface area contributed by atoms with Crippen molar-refractivity contribution in [2.45, 2.75) is 0 Å². The molecule has 0 aromatic carbocycles. The Kier molecular flexibility index (Phi) is 140. The summed E-state index contributed by atoms with van der Waals surface area (Å²) in [6, 6.07) is 0. The summed E-state index contributed by atoms with van der Waals surface area (Å²) in [5, 5.41) is 0. The molecular formula is H4N2Na3. The van der Waals surface area contributed by atoms with Crippen LogP contribution in [0.25, 0.3) is 0 Å². The maximum absolute atomic E-state index is 4.00. The molecule has 0 heterocycles. The molecule has 0 amide bonds. The minimum atomic E-state index is 0. The van der Waals surface area contributed by atoms with Crippen LogP contribution in [0.1, 0.15) is 0 Å². The van der Waals surface area contributed by atoms with Crippen LogP contribution < -0.4 is 11.7 Å². The van der Waals surface area contributed by atoms with Gasteiger partial charge in [0.1, 0.15) is 0 Å². The van der Waals surface area contributed by atoms with Crippen LogP contribution >= 0.6 is 0 Å². The molecule has 0 aromatic heterocycles. The molecule has 0 saturated carbocycles. The van der Waals surface area contributed by atoms with Crippen molar-refractivity contribution < 1.29 is 0 Å². The van der Waals surface area contributed by atoms with Crippen molar-refractivity contribution in [1.29, 1.82) is 0 Å². The molecule has 5 heteroatoms. The minimum Gasteiger partial charge on any atom is -0.274 e. The minimum absolute atomic E-state index is 0. The van der Waals surface area contributed by atoms with Gasteiger partial charge in [-0.25, -0.2) is 0 Å². The van der Waals surface area contributed by atoms with E-state index in [1.54, 1.807) is 0 Å². The van der Waals surface area contributed by atoms with Crippen LogP contribution in [0.3, 0.4) is 0 Å².